The molecule has 0 saturated heterocycles. The second kappa shape index (κ2) is 8.81. The van der Waals surface area contributed by atoms with Gasteiger partial charge >= 0.3 is 5.97 Å². The zero-order valence-corrected chi connectivity index (χ0v) is 13.9. The summed E-state index contributed by atoms with van der Waals surface area (Å²) in [5, 5.41) is 0. The van der Waals surface area contributed by atoms with Crippen LogP contribution in [-0.4, -0.2) is 32.4 Å². The molecule has 23 heavy (non-hydrogen) atoms. The number of esters is 1. The molecule has 126 valence electrons. The Balaban J connectivity index is 0. The third-order valence-corrected chi connectivity index (χ3v) is 4.83. The topological polar surface area (TPSA) is 63.7 Å². The number of benzene rings is 1. The van der Waals surface area contributed by atoms with Gasteiger partial charge in [-0.15, -0.1) is 0 Å². The van der Waals surface area contributed by atoms with E-state index < -0.39 is 20.7 Å². The lowest BCUT2D eigenvalue weighted by Crippen LogP contribution is -2.16. The Hall–Kier alpha value is -2.52. The first-order chi connectivity index (χ1) is 11.0. The molecule has 0 atom stereocenters. The molecule has 1 rings (SSSR count). The summed E-state index contributed by atoms with van der Waals surface area (Å²) in [6.07, 6.45) is 11.0. The van der Waals surface area contributed by atoms with E-state index in [-0.39, 0.29) is 7.75 Å². The third kappa shape index (κ3) is 5.01. The van der Waals surface area contributed by atoms with Crippen molar-refractivity contribution in [3.05, 3.63) is 53.6 Å². The summed E-state index contributed by atoms with van der Waals surface area (Å²) in [4.78, 5) is 13.3. The van der Waals surface area contributed by atoms with Crippen LogP contribution in [0.25, 0.3) is 0 Å². The van der Waals surface area contributed by atoms with Crippen LogP contribution in [0, 0.1) is 12.5 Å². The highest BCUT2D eigenvalue weighted by Crippen LogP contribution is 2.20. The first kappa shape index (κ1) is 18.5. The zero-order valence-electron chi connectivity index (χ0n) is 13.1. The number of ether oxygens (including phenoxy) is 1. The lowest BCUT2D eigenvalue weighted by molar-refractivity contribution is -0.131. The normalized spacial score (nSPS) is 12.0. The molecule has 0 fully saturated rings. The van der Waals surface area contributed by atoms with E-state index >= 15 is 0 Å². The van der Waals surface area contributed by atoms with Crippen molar-refractivity contribution in [3.8, 4) is 12.5 Å². The summed E-state index contributed by atoms with van der Waals surface area (Å²) in [5.74, 6) is -1.08. The molecule has 0 spiro atoms. The molecule has 0 aromatic heterocycles. The first-order valence-corrected chi connectivity index (χ1v) is 8.55. The lowest BCUT2D eigenvalue weighted by atomic mass is 10.4. The quantitative estimate of drug-likeness (QED) is 0.331. The number of carbonyl (C=O) groups is 1. The number of allylic oxidation sites excluding steroid dienone is 2. The highest BCUT2D eigenvalue weighted by Gasteiger charge is 2.27. The number of hydrogen-bond donors (Lipinski definition) is 0. The van der Waals surface area contributed by atoms with Crippen molar-refractivity contribution in [2.45, 2.75) is 18.7 Å². The van der Waals surface area contributed by atoms with Crippen LogP contribution < -0.4 is 0 Å². The summed E-state index contributed by atoms with van der Waals surface area (Å²) in [6.45, 7) is 5.45. The van der Waals surface area contributed by atoms with Gasteiger partial charge in [0.1, 0.15) is 6.11 Å². The molecular formula is C17H23NO4S. The molecule has 5 nitrogen and oxygen atoms in total. The average Bonchev–Trinajstić information content (AvgIpc) is 2.56. The zero-order chi connectivity index (χ0) is 17.3. The summed E-state index contributed by atoms with van der Waals surface area (Å²) in [5.41, 5.74) is 0. The Kier molecular flexibility index (Phi) is 7.10. The van der Waals surface area contributed by atoms with Crippen molar-refractivity contribution in [1.29, 1.82) is 0 Å². The van der Waals surface area contributed by atoms with Crippen LogP contribution in [-0.2, 0) is 19.4 Å². The molecule has 0 aliphatic rings. The molecule has 1 aromatic rings. The Morgan fingerprint density at radius 2 is 1.91 bits per heavy atom. The summed E-state index contributed by atoms with van der Waals surface area (Å²) >= 11 is 0. The molecule has 0 saturated carbocycles. The Morgan fingerprint density at radius 1 is 1.30 bits per heavy atom. The van der Waals surface area contributed by atoms with Gasteiger partial charge in [0.2, 0.25) is 9.84 Å². The number of nitrogens with zero attached hydrogens (tertiary/aromatic N) is 1. The predicted molar refractivity (Wildman–Crippen MR) is 92.9 cm³/mol. The SMILES string of the molecule is C#COC(=O)/C(=C\C=C\N(CC)CC)S(=O)(=O)c1ccccc1.[HH].[HH]. The minimum Gasteiger partial charge on any atom is -0.378 e. The van der Waals surface area contributed by atoms with Gasteiger partial charge in [-0.2, -0.15) is 0 Å². The molecule has 0 unspecified atom stereocenters. The molecule has 0 heterocycles. The van der Waals surface area contributed by atoms with E-state index in [2.05, 4.69) is 4.74 Å². The van der Waals surface area contributed by atoms with Crippen molar-refractivity contribution >= 4 is 15.8 Å². The molecule has 0 amide bonds. The van der Waals surface area contributed by atoms with Crippen LogP contribution in [0.2, 0.25) is 0 Å². The smallest absolute Gasteiger partial charge is 0.364 e. The van der Waals surface area contributed by atoms with E-state index in [4.69, 9.17) is 6.42 Å². The Bertz CT molecular complexity index is 734. The predicted octanol–water partition coefficient (Wildman–Crippen LogP) is 2.83. The average molecular weight is 337 g/mol. The highest BCUT2D eigenvalue weighted by atomic mass is 32.2. The van der Waals surface area contributed by atoms with Crippen molar-refractivity contribution in [2.24, 2.45) is 0 Å². The van der Waals surface area contributed by atoms with Crippen LogP contribution in [0.15, 0.2) is 58.5 Å². The number of sulfone groups is 1. The van der Waals surface area contributed by atoms with Crippen molar-refractivity contribution in [3.63, 3.8) is 0 Å². The largest absolute Gasteiger partial charge is 0.378 e. The van der Waals surface area contributed by atoms with Gasteiger partial charge in [0.25, 0.3) is 0 Å². The molecule has 0 aliphatic heterocycles. The van der Waals surface area contributed by atoms with Crippen LogP contribution in [0.1, 0.15) is 16.7 Å². The summed E-state index contributed by atoms with van der Waals surface area (Å²) in [6, 6.07) is 7.63. The summed E-state index contributed by atoms with van der Waals surface area (Å²) < 4.78 is 29.6. The Labute approximate surface area is 140 Å². The van der Waals surface area contributed by atoms with Gasteiger partial charge in [-0.05, 0) is 44.3 Å². The van der Waals surface area contributed by atoms with Gasteiger partial charge < -0.3 is 9.64 Å². The van der Waals surface area contributed by atoms with Crippen molar-refractivity contribution < 1.29 is 20.8 Å². The molecule has 6 heteroatoms. The molecule has 1 aromatic carbocycles. The van der Waals surface area contributed by atoms with Crippen LogP contribution >= 0.6 is 0 Å². The molecule has 0 radical (unpaired) electrons. The molecular weight excluding hydrogens is 314 g/mol. The standard InChI is InChI=1S/C17H19NO4S.2H2/c1-4-18(5-2)14-10-13-16(17(19)22-6-3)23(20,21)15-11-8-7-9-12-15;;/h3,7-14H,4-5H2,1-2H3;2*1H/b14-10+,16-13+;;. The fourth-order valence-electron chi connectivity index (χ4n) is 1.78. The van der Waals surface area contributed by atoms with Crippen molar-refractivity contribution in [1.82, 2.24) is 4.90 Å². The van der Waals surface area contributed by atoms with E-state index in [0.29, 0.717) is 0 Å². The molecule has 0 N–H and O–H groups in total. The van der Waals surface area contributed by atoms with Gasteiger partial charge in [0, 0.05) is 15.9 Å². The minimum atomic E-state index is -4.01. The second-order valence-corrected chi connectivity index (χ2v) is 6.34. The molecule has 0 aliphatic carbocycles. The van der Waals surface area contributed by atoms with E-state index in [0.717, 1.165) is 13.1 Å². The van der Waals surface area contributed by atoms with Gasteiger partial charge in [-0.1, -0.05) is 24.6 Å². The maximum absolute atomic E-state index is 12.6. The van der Waals surface area contributed by atoms with Gasteiger partial charge in [-0.3, -0.25) is 0 Å². The first-order valence-electron chi connectivity index (χ1n) is 7.06. The van der Waals surface area contributed by atoms with Crippen LogP contribution in [0.5, 0.6) is 0 Å². The highest BCUT2D eigenvalue weighted by molar-refractivity contribution is 7.96. The van der Waals surface area contributed by atoms with E-state index in [1.807, 2.05) is 18.7 Å². The van der Waals surface area contributed by atoms with E-state index in [1.54, 1.807) is 30.5 Å². The maximum Gasteiger partial charge on any atom is 0.364 e. The van der Waals surface area contributed by atoms with E-state index in [9.17, 15) is 13.2 Å². The van der Waals surface area contributed by atoms with Crippen molar-refractivity contribution in [2.75, 3.05) is 13.1 Å². The van der Waals surface area contributed by atoms with Gasteiger partial charge in [0.15, 0.2) is 4.91 Å². The number of rotatable bonds is 7. The third-order valence-electron chi connectivity index (χ3n) is 3.05. The van der Waals surface area contributed by atoms with Crippen LogP contribution in [0.4, 0.5) is 0 Å². The number of carbonyl (C=O) groups excluding carboxylic acids is 1. The van der Waals surface area contributed by atoms with Crippen LogP contribution in [0.3, 0.4) is 0 Å². The molecule has 0 bridgehead atoms. The monoisotopic (exact) mass is 337 g/mol. The number of hydrogen-bond acceptors (Lipinski definition) is 5. The number of terminal acetylenes is 1. The van der Waals surface area contributed by atoms with Gasteiger partial charge in [0.05, 0.1) is 4.90 Å². The van der Waals surface area contributed by atoms with E-state index in [1.165, 1.54) is 24.3 Å². The fourth-order valence-corrected chi connectivity index (χ4v) is 3.07. The lowest BCUT2D eigenvalue weighted by Gasteiger charge is -2.14. The minimum absolute atomic E-state index is 0. The second-order valence-electron chi connectivity index (χ2n) is 4.42. The van der Waals surface area contributed by atoms with Gasteiger partial charge in [-0.25, -0.2) is 13.2 Å². The Morgan fingerprint density at radius 3 is 2.43 bits per heavy atom. The maximum atomic E-state index is 12.6. The fraction of sp³-hybridized carbons (Fsp3) is 0.235. The summed E-state index contributed by atoms with van der Waals surface area (Å²) in [7, 11) is -4.01.